The van der Waals surface area contributed by atoms with Crippen LogP contribution in [0, 0.1) is 0 Å². The van der Waals surface area contributed by atoms with Crippen LogP contribution >= 0.6 is 27.3 Å². The first-order valence-corrected chi connectivity index (χ1v) is 9.80. The Kier molecular flexibility index (Phi) is 6.00. The van der Waals surface area contributed by atoms with Gasteiger partial charge in [0.05, 0.1) is 22.8 Å². The molecule has 5 nitrogen and oxygen atoms in total. The number of nitrogens with zero attached hydrogens (tertiary/aromatic N) is 2. The average Bonchev–Trinajstić information content (AvgIpc) is 3.10. The summed E-state index contributed by atoms with van der Waals surface area (Å²) in [5, 5.41) is 5.91. The number of nitrogens with one attached hydrogen (secondary N) is 1. The van der Waals surface area contributed by atoms with E-state index in [0.29, 0.717) is 29.7 Å². The number of amides is 1. The van der Waals surface area contributed by atoms with Gasteiger partial charge in [-0.05, 0) is 24.3 Å². The van der Waals surface area contributed by atoms with Gasteiger partial charge in [0.2, 0.25) is 5.88 Å². The van der Waals surface area contributed by atoms with Crippen LogP contribution in [0.25, 0.3) is 0 Å². The number of rotatable bonds is 6. The van der Waals surface area contributed by atoms with Crippen LogP contribution < -0.4 is 10.1 Å². The van der Waals surface area contributed by atoms with Crippen LogP contribution in [0.5, 0.6) is 11.6 Å². The number of carbonyl (C=O) groups excluding carboxylic acids is 1. The summed E-state index contributed by atoms with van der Waals surface area (Å²) in [4.78, 5) is 21.0. The van der Waals surface area contributed by atoms with Crippen molar-refractivity contribution in [3.8, 4) is 11.6 Å². The topological polar surface area (TPSA) is 64.1 Å². The Bertz CT molecular complexity index is 894. The van der Waals surface area contributed by atoms with Gasteiger partial charge in [0.25, 0.3) is 5.91 Å². The third kappa shape index (κ3) is 4.89. The summed E-state index contributed by atoms with van der Waals surface area (Å²) in [7, 11) is 0. The zero-order chi connectivity index (χ0) is 18.5. The molecule has 7 heteroatoms. The van der Waals surface area contributed by atoms with Crippen molar-refractivity contribution < 1.29 is 9.53 Å². The van der Waals surface area contributed by atoms with Crippen LogP contribution in [0.1, 0.15) is 40.8 Å². The van der Waals surface area contributed by atoms with Gasteiger partial charge in [-0.1, -0.05) is 35.8 Å². The molecule has 0 aliphatic rings. The lowest BCUT2D eigenvalue weighted by atomic mass is 10.2. The molecule has 0 atom stereocenters. The van der Waals surface area contributed by atoms with Gasteiger partial charge in [-0.3, -0.25) is 4.79 Å². The molecule has 0 unspecified atom stereocenters. The van der Waals surface area contributed by atoms with Gasteiger partial charge in [0.15, 0.2) is 0 Å². The van der Waals surface area contributed by atoms with E-state index in [1.54, 1.807) is 23.5 Å². The maximum Gasteiger partial charge on any atom is 0.253 e. The minimum atomic E-state index is -0.189. The van der Waals surface area contributed by atoms with Crippen molar-refractivity contribution >= 4 is 33.2 Å². The highest BCUT2D eigenvalue weighted by Gasteiger charge is 2.10. The molecule has 3 aromatic rings. The number of pyridine rings is 1. The quantitative estimate of drug-likeness (QED) is 0.586. The smallest absolute Gasteiger partial charge is 0.253 e. The fourth-order valence-corrected chi connectivity index (χ4v) is 3.38. The Hall–Kier alpha value is -2.25. The molecule has 1 aromatic carbocycles. The zero-order valence-electron chi connectivity index (χ0n) is 14.4. The molecule has 0 saturated carbocycles. The molecule has 0 aliphatic heterocycles. The van der Waals surface area contributed by atoms with E-state index >= 15 is 0 Å². The van der Waals surface area contributed by atoms with E-state index < -0.39 is 0 Å². The second-order valence-corrected chi connectivity index (χ2v) is 7.76. The SMILES string of the molecule is CC(C)c1nc(CNC(=O)c2ccc(Oc3cccc(Br)c3)nc2)cs1. The second-order valence-electron chi connectivity index (χ2n) is 5.96. The second kappa shape index (κ2) is 8.42. The molecule has 26 heavy (non-hydrogen) atoms. The highest BCUT2D eigenvalue weighted by Crippen LogP contribution is 2.23. The van der Waals surface area contributed by atoms with Crippen molar-refractivity contribution in [2.45, 2.75) is 26.3 Å². The molecular weight excluding hydrogens is 414 g/mol. The van der Waals surface area contributed by atoms with Crippen molar-refractivity contribution in [1.29, 1.82) is 0 Å². The Morgan fingerprint density at radius 1 is 1.31 bits per heavy atom. The molecule has 2 aromatic heterocycles. The van der Waals surface area contributed by atoms with E-state index in [-0.39, 0.29) is 5.91 Å². The van der Waals surface area contributed by atoms with Crippen molar-refractivity contribution in [3.05, 3.63) is 68.7 Å². The van der Waals surface area contributed by atoms with Crippen LogP contribution in [0.3, 0.4) is 0 Å². The Balaban J connectivity index is 1.57. The lowest BCUT2D eigenvalue weighted by Gasteiger charge is -2.06. The molecule has 0 radical (unpaired) electrons. The third-order valence-electron chi connectivity index (χ3n) is 3.51. The van der Waals surface area contributed by atoms with Gasteiger partial charge >= 0.3 is 0 Å². The van der Waals surface area contributed by atoms with Crippen LogP contribution in [-0.4, -0.2) is 15.9 Å². The Morgan fingerprint density at radius 3 is 2.81 bits per heavy atom. The molecule has 2 heterocycles. The summed E-state index contributed by atoms with van der Waals surface area (Å²) in [6, 6.07) is 10.9. The maximum absolute atomic E-state index is 12.3. The summed E-state index contributed by atoms with van der Waals surface area (Å²) in [5.41, 5.74) is 1.35. The number of ether oxygens (including phenoxy) is 1. The third-order valence-corrected chi connectivity index (χ3v) is 5.20. The molecule has 0 bridgehead atoms. The summed E-state index contributed by atoms with van der Waals surface area (Å²) in [6.45, 7) is 4.60. The maximum atomic E-state index is 12.3. The molecule has 0 spiro atoms. The molecule has 1 amide bonds. The number of hydrogen-bond donors (Lipinski definition) is 1. The van der Waals surface area contributed by atoms with Crippen LogP contribution in [-0.2, 0) is 6.54 Å². The molecule has 1 N–H and O–H groups in total. The number of halogens is 1. The van der Waals surface area contributed by atoms with Crippen molar-refractivity contribution in [2.75, 3.05) is 0 Å². The minimum Gasteiger partial charge on any atom is -0.439 e. The normalized spacial score (nSPS) is 10.8. The number of aromatic nitrogens is 2. The van der Waals surface area contributed by atoms with Gasteiger partial charge in [-0.25, -0.2) is 9.97 Å². The van der Waals surface area contributed by atoms with Gasteiger partial charge < -0.3 is 10.1 Å². The summed E-state index contributed by atoms with van der Waals surface area (Å²) >= 11 is 5.01. The highest BCUT2D eigenvalue weighted by molar-refractivity contribution is 9.10. The van der Waals surface area contributed by atoms with Gasteiger partial charge in [0.1, 0.15) is 5.75 Å². The minimum absolute atomic E-state index is 0.189. The predicted molar refractivity (Wildman–Crippen MR) is 106 cm³/mol. The molecule has 0 fully saturated rings. The summed E-state index contributed by atoms with van der Waals surface area (Å²) in [6.07, 6.45) is 1.50. The molecule has 3 rings (SSSR count). The molecule has 134 valence electrons. The lowest BCUT2D eigenvalue weighted by Crippen LogP contribution is -2.23. The standard InChI is InChI=1S/C19H18BrN3O2S/c1-12(2)19-23-15(11-26-19)10-22-18(24)13-6-7-17(21-9-13)25-16-5-3-4-14(20)8-16/h3-9,11-12H,10H2,1-2H3,(H,22,24). The van der Waals surface area contributed by atoms with Crippen LogP contribution in [0.4, 0.5) is 0 Å². The fourth-order valence-electron chi connectivity index (χ4n) is 2.17. The zero-order valence-corrected chi connectivity index (χ0v) is 16.8. The van der Waals surface area contributed by atoms with Crippen molar-refractivity contribution in [2.24, 2.45) is 0 Å². The Morgan fingerprint density at radius 2 is 2.15 bits per heavy atom. The van der Waals surface area contributed by atoms with Crippen molar-refractivity contribution in [3.63, 3.8) is 0 Å². The van der Waals surface area contributed by atoms with Crippen LogP contribution in [0.15, 0.2) is 52.4 Å². The van der Waals surface area contributed by atoms with Crippen molar-refractivity contribution in [1.82, 2.24) is 15.3 Å². The molecule has 0 saturated heterocycles. The van der Waals surface area contributed by atoms with E-state index in [0.717, 1.165) is 15.2 Å². The number of thiazole rings is 1. The molecule has 0 aliphatic carbocycles. The number of carbonyl (C=O) groups is 1. The predicted octanol–water partition coefficient (Wildman–Crippen LogP) is 5.15. The largest absolute Gasteiger partial charge is 0.439 e. The summed E-state index contributed by atoms with van der Waals surface area (Å²) < 4.78 is 6.59. The molecular formula is C19H18BrN3O2S. The highest BCUT2D eigenvalue weighted by atomic mass is 79.9. The van der Waals surface area contributed by atoms with E-state index in [2.05, 4.69) is 45.1 Å². The fraction of sp³-hybridized carbons (Fsp3) is 0.211. The van der Waals surface area contributed by atoms with E-state index in [1.807, 2.05) is 29.6 Å². The van der Waals surface area contributed by atoms with Gasteiger partial charge in [-0.2, -0.15) is 0 Å². The first kappa shape index (κ1) is 18.5. The monoisotopic (exact) mass is 431 g/mol. The average molecular weight is 432 g/mol. The van der Waals surface area contributed by atoms with Gasteiger partial charge in [0, 0.05) is 28.0 Å². The van der Waals surface area contributed by atoms with Gasteiger partial charge in [-0.15, -0.1) is 11.3 Å². The first-order chi connectivity index (χ1) is 12.5. The van der Waals surface area contributed by atoms with E-state index in [9.17, 15) is 4.79 Å². The van der Waals surface area contributed by atoms with E-state index in [1.165, 1.54) is 6.20 Å². The Labute approximate surface area is 164 Å². The van der Waals surface area contributed by atoms with E-state index in [4.69, 9.17) is 4.74 Å². The van der Waals surface area contributed by atoms with Crippen LogP contribution in [0.2, 0.25) is 0 Å². The number of hydrogen-bond acceptors (Lipinski definition) is 5. The first-order valence-electron chi connectivity index (χ1n) is 8.13. The lowest BCUT2D eigenvalue weighted by molar-refractivity contribution is 0.0950. The summed E-state index contributed by atoms with van der Waals surface area (Å²) in [5.74, 6) is 1.31. The number of benzene rings is 1.